The number of carboxylic acid groups (broad SMARTS) is 1. The Kier molecular flexibility index (Phi) is 6.24. The molecule has 1 saturated heterocycles. The van der Waals surface area contributed by atoms with Gasteiger partial charge < -0.3 is 24.8 Å². The van der Waals surface area contributed by atoms with Crippen LogP contribution in [0.1, 0.15) is 36.3 Å². The molecule has 0 radical (unpaired) electrons. The predicted octanol–water partition coefficient (Wildman–Crippen LogP) is 3.01. The summed E-state index contributed by atoms with van der Waals surface area (Å²) in [7, 11) is 0. The van der Waals surface area contributed by atoms with Gasteiger partial charge >= 0.3 is 12.1 Å². The first-order chi connectivity index (χ1) is 16.5. The predicted molar refractivity (Wildman–Crippen MR) is 123 cm³/mol. The van der Waals surface area contributed by atoms with Gasteiger partial charge in [-0.1, -0.05) is 48.5 Å². The van der Waals surface area contributed by atoms with Crippen LogP contribution in [-0.2, 0) is 19.1 Å². The lowest BCUT2D eigenvalue weighted by atomic mass is 9.98. The summed E-state index contributed by atoms with van der Waals surface area (Å²) < 4.78 is 11.1. The molecular formula is C26H28N2O6. The van der Waals surface area contributed by atoms with Crippen LogP contribution in [0.5, 0.6) is 0 Å². The van der Waals surface area contributed by atoms with Crippen molar-refractivity contribution in [3.63, 3.8) is 0 Å². The Labute approximate surface area is 197 Å². The van der Waals surface area contributed by atoms with Crippen molar-refractivity contribution in [2.24, 2.45) is 5.92 Å². The molecule has 2 fully saturated rings. The van der Waals surface area contributed by atoms with E-state index < -0.39 is 30.4 Å². The second-order valence-electron chi connectivity index (χ2n) is 9.13. The molecule has 178 valence electrons. The van der Waals surface area contributed by atoms with Gasteiger partial charge in [-0.15, -0.1) is 0 Å². The van der Waals surface area contributed by atoms with Crippen molar-refractivity contribution in [1.82, 2.24) is 10.2 Å². The highest BCUT2D eigenvalue weighted by molar-refractivity contribution is 5.89. The fourth-order valence-corrected chi connectivity index (χ4v) is 5.13. The molecule has 0 spiro atoms. The number of hydrogen-bond donors (Lipinski definition) is 2. The van der Waals surface area contributed by atoms with Crippen LogP contribution in [-0.4, -0.2) is 66.4 Å². The third-order valence-corrected chi connectivity index (χ3v) is 6.93. The maximum absolute atomic E-state index is 13.2. The molecule has 0 bridgehead atoms. The zero-order valence-electron chi connectivity index (χ0n) is 18.8. The molecule has 1 aliphatic heterocycles. The Morgan fingerprint density at radius 2 is 1.71 bits per heavy atom. The van der Waals surface area contributed by atoms with E-state index in [0.717, 1.165) is 35.1 Å². The van der Waals surface area contributed by atoms with E-state index >= 15 is 0 Å². The van der Waals surface area contributed by atoms with Gasteiger partial charge in [0.25, 0.3) is 0 Å². The van der Waals surface area contributed by atoms with Crippen LogP contribution in [0, 0.1) is 5.92 Å². The Hall–Kier alpha value is -3.39. The van der Waals surface area contributed by atoms with Crippen LogP contribution in [0.15, 0.2) is 48.5 Å². The Morgan fingerprint density at radius 1 is 1.06 bits per heavy atom. The van der Waals surface area contributed by atoms with Crippen molar-refractivity contribution < 1.29 is 29.0 Å². The number of amides is 2. The molecule has 0 aromatic heterocycles. The summed E-state index contributed by atoms with van der Waals surface area (Å²) in [6, 6.07) is 14.8. The van der Waals surface area contributed by atoms with Crippen LogP contribution >= 0.6 is 0 Å². The van der Waals surface area contributed by atoms with Gasteiger partial charge in [0.05, 0.1) is 25.7 Å². The number of nitrogens with zero attached hydrogens (tertiary/aromatic N) is 1. The summed E-state index contributed by atoms with van der Waals surface area (Å²) in [6.45, 7) is 1.33. The highest BCUT2D eigenvalue weighted by Gasteiger charge is 2.42. The SMILES string of the molecule is O=C(O)CC(NC(=O)OCC1c2ccccc2-c2ccccc21)C(=O)N1CCOCC1C1CC1. The van der Waals surface area contributed by atoms with Gasteiger partial charge in [0.1, 0.15) is 12.6 Å². The first-order valence-electron chi connectivity index (χ1n) is 11.7. The van der Waals surface area contributed by atoms with E-state index in [1.807, 2.05) is 36.4 Å². The summed E-state index contributed by atoms with van der Waals surface area (Å²) in [6.07, 6.45) is 0.762. The second-order valence-corrected chi connectivity index (χ2v) is 9.13. The van der Waals surface area contributed by atoms with Crippen molar-refractivity contribution in [2.45, 2.75) is 37.3 Å². The number of carbonyl (C=O) groups excluding carboxylic acids is 2. The van der Waals surface area contributed by atoms with Gasteiger partial charge in [-0.05, 0) is 41.0 Å². The number of morpholine rings is 1. The topological polar surface area (TPSA) is 105 Å². The fraction of sp³-hybridized carbons (Fsp3) is 0.423. The molecule has 2 aromatic carbocycles. The maximum atomic E-state index is 13.2. The number of fused-ring (bicyclic) bond motifs is 3. The third-order valence-electron chi connectivity index (χ3n) is 6.93. The van der Waals surface area contributed by atoms with E-state index in [2.05, 4.69) is 17.4 Å². The summed E-state index contributed by atoms with van der Waals surface area (Å²) in [5.41, 5.74) is 4.39. The maximum Gasteiger partial charge on any atom is 0.407 e. The van der Waals surface area contributed by atoms with Crippen molar-refractivity contribution in [1.29, 1.82) is 0 Å². The van der Waals surface area contributed by atoms with E-state index in [0.29, 0.717) is 25.7 Å². The smallest absolute Gasteiger partial charge is 0.407 e. The molecule has 8 heteroatoms. The number of benzene rings is 2. The molecule has 8 nitrogen and oxygen atoms in total. The normalized spacial score (nSPS) is 20.2. The zero-order chi connectivity index (χ0) is 23.7. The molecule has 2 atom stereocenters. The average molecular weight is 465 g/mol. The number of nitrogens with one attached hydrogen (secondary N) is 1. The van der Waals surface area contributed by atoms with Gasteiger partial charge in [-0.3, -0.25) is 9.59 Å². The monoisotopic (exact) mass is 464 g/mol. The lowest BCUT2D eigenvalue weighted by Gasteiger charge is -2.37. The van der Waals surface area contributed by atoms with Gasteiger partial charge in [0.2, 0.25) is 5.91 Å². The number of carbonyl (C=O) groups is 3. The number of alkyl carbamates (subject to hydrolysis) is 1. The molecule has 2 amide bonds. The van der Waals surface area contributed by atoms with E-state index in [9.17, 15) is 19.5 Å². The standard InChI is InChI=1S/C26H28N2O6/c29-24(30)13-22(25(31)28-11-12-33-15-23(28)16-9-10-16)27-26(32)34-14-21-19-7-3-1-5-17(19)18-6-2-4-8-20(18)21/h1-8,16,21-23H,9-15H2,(H,27,32)(H,29,30). The van der Waals surface area contributed by atoms with Gasteiger partial charge in [-0.25, -0.2) is 4.79 Å². The minimum Gasteiger partial charge on any atom is -0.481 e. The van der Waals surface area contributed by atoms with Crippen molar-refractivity contribution in [3.8, 4) is 11.1 Å². The second kappa shape index (κ2) is 9.46. The van der Waals surface area contributed by atoms with Crippen LogP contribution in [0.2, 0.25) is 0 Å². The molecule has 2 aromatic rings. The van der Waals surface area contributed by atoms with E-state index in [1.165, 1.54) is 0 Å². The van der Waals surface area contributed by atoms with Crippen molar-refractivity contribution >= 4 is 18.0 Å². The molecule has 34 heavy (non-hydrogen) atoms. The van der Waals surface area contributed by atoms with E-state index in [4.69, 9.17) is 9.47 Å². The molecule has 1 heterocycles. The molecule has 1 saturated carbocycles. The minimum absolute atomic E-state index is 0.0677. The molecule has 2 N–H and O–H groups in total. The summed E-state index contributed by atoms with van der Waals surface area (Å²) in [5.74, 6) is -1.29. The largest absolute Gasteiger partial charge is 0.481 e. The Balaban J connectivity index is 1.26. The highest BCUT2D eigenvalue weighted by Crippen LogP contribution is 2.44. The number of ether oxygens (including phenoxy) is 2. The Morgan fingerprint density at radius 3 is 2.32 bits per heavy atom. The quantitative estimate of drug-likeness (QED) is 0.653. The van der Waals surface area contributed by atoms with Crippen LogP contribution in [0.4, 0.5) is 4.79 Å². The summed E-state index contributed by atoms with van der Waals surface area (Å²) >= 11 is 0. The van der Waals surface area contributed by atoms with Crippen molar-refractivity contribution in [3.05, 3.63) is 59.7 Å². The highest BCUT2D eigenvalue weighted by atomic mass is 16.5. The summed E-state index contributed by atoms with van der Waals surface area (Å²) in [4.78, 5) is 39.1. The number of hydrogen-bond acceptors (Lipinski definition) is 5. The lowest BCUT2D eigenvalue weighted by molar-refractivity contribution is -0.147. The first kappa shape index (κ1) is 22.4. The summed E-state index contributed by atoms with van der Waals surface area (Å²) in [5, 5.41) is 11.9. The van der Waals surface area contributed by atoms with E-state index in [1.54, 1.807) is 4.90 Å². The molecule has 5 rings (SSSR count). The number of rotatable bonds is 7. The Bertz CT molecular complexity index is 1050. The van der Waals surface area contributed by atoms with E-state index in [-0.39, 0.29) is 18.6 Å². The first-order valence-corrected chi connectivity index (χ1v) is 11.7. The van der Waals surface area contributed by atoms with Gasteiger partial charge in [-0.2, -0.15) is 0 Å². The average Bonchev–Trinajstić information content (AvgIpc) is 3.64. The van der Waals surface area contributed by atoms with Crippen LogP contribution in [0.25, 0.3) is 11.1 Å². The van der Waals surface area contributed by atoms with Crippen molar-refractivity contribution in [2.75, 3.05) is 26.4 Å². The lowest BCUT2D eigenvalue weighted by Crippen LogP contribution is -2.57. The number of carboxylic acids is 1. The van der Waals surface area contributed by atoms with Crippen LogP contribution < -0.4 is 5.32 Å². The molecular weight excluding hydrogens is 436 g/mol. The number of aliphatic carboxylic acids is 1. The zero-order valence-corrected chi connectivity index (χ0v) is 18.8. The minimum atomic E-state index is -1.19. The van der Waals surface area contributed by atoms with Crippen LogP contribution in [0.3, 0.4) is 0 Å². The van der Waals surface area contributed by atoms with Gasteiger partial charge in [0.15, 0.2) is 0 Å². The molecule has 2 unspecified atom stereocenters. The molecule has 2 aliphatic carbocycles. The third kappa shape index (κ3) is 4.50. The van der Waals surface area contributed by atoms with Gasteiger partial charge in [0, 0.05) is 12.5 Å². The fourth-order valence-electron chi connectivity index (χ4n) is 5.13. The molecule has 3 aliphatic rings.